The third kappa shape index (κ3) is 6.06. The Morgan fingerprint density at radius 3 is 2.43 bits per heavy atom. The first-order chi connectivity index (χ1) is 11.0. The van der Waals surface area contributed by atoms with E-state index in [0.717, 1.165) is 44.7 Å². The van der Waals surface area contributed by atoms with E-state index in [1.165, 1.54) is 9.71 Å². The van der Waals surface area contributed by atoms with Gasteiger partial charge in [0.1, 0.15) is 0 Å². The van der Waals surface area contributed by atoms with Gasteiger partial charge < -0.3 is 9.80 Å². The van der Waals surface area contributed by atoms with Gasteiger partial charge in [-0.2, -0.15) is 0 Å². The van der Waals surface area contributed by atoms with Gasteiger partial charge in [0.05, 0.1) is 0 Å². The molecule has 1 fully saturated rings. The van der Waals surface area contributed by atoms with Gasteiger partial charge in [-0.25, -0.2) is 12.7 Å². The molecule has 0 unspecified atom stereocenters. The quantitative estimate of drug-likeness (QED) is 0.757. The van der Waals surface area contributed by atoms with E-state index in [1.807, 2.05) is 30.3 Å². The molecule has 1 saturated heterocycles. The van der Waals surface area contributed by atoms with Crippen molar-refractivity contribution in [2.24, 2.45) is 0 Å². The van der Waals surface area contributed by atoms with E-state index in [0.29, 0.717) is 6.54 Å². The average Bonchev–Trinajstić information content (AvgIpc) is 2.56. The molecule has 1 aliphatic heterocycles. The Kier molecular flexibility index (Phi) is 6.77. The second-order valence-electron chi connectivity index (χ2n) is 6.08. The first-order valence-corrected chi connectivity index (χ1v) is 9.58. The Hall–Kier alpha value is -1.21. The fourth-order valence-corrected chi connectivity index (χ4v) is 3.47. The lowest BCUT2D eigenvalue weighted by atomic mass is 10.2. The van der Waals surface area contributed by atoms with Crippen LogP contribution in [0.25, 0.3) is 6.08 Å². The molecule has 1 aromatic rings. The molecule has 5 nitrogen and oxygen atoms in total. The van der Waals surface area contributed by atoms with E-state index < -0.39 is 10.0 Å². The second kappa shape index (κ2) is 8.59. The topological polar surface area (TPSA) is 43.9 Å². The molecule has 0 amide bonds. The summed E-state index contributed by atoms with van der Waals surface area (Å²) < 4.78 is 25.9. The number of likely N-dealkylation sites (N-methyl/N-ethyl adjacent to an activating group) is 1. The summed E-state index contributed by atoms with van der Waals surface area (Å²) in [6.07, 6.45) is 2.50. The molecule has 0 radical (unpaired) electrons. The molecule has 0 spiro atoms. The van der Waals surface area contributed by atoms with Crippen LogP contribution in [0.3, 0.4) is 0 Å². The maximum atomic E-state index is 12.2. The number of rotatable bonds is 7. The van der Waals surface area contributed by atoms with E-state index in [4.69, 9.17) is 0 Å². The van der Waals surface area contributed by atoms with Crippen molar-refractivity contribution in [3.63, 3.8) is 0 Å². The van der Waals surface area contributed by atoms with E-state index in [9.17, 15) is 8.42 Å². The van der Waals surface area contributed by atoms with Crippen LogP contribution in [0.5, 0.6) is 0 Å². The van der Waals surface area contributed by atoms with Crippen LogP contribution in [0.1, 0.15) is 12.0 Å². The van der Waals surface area contributed by atoms with Crippen LogP contribution in [-0.2, 0) is 10.0 Å². The maximum absolute atomic E-state index is 12.2. The van der Waals surface area contributed by atoms with Crippen molar-refractivity contribution >= 4 is 16.1 Å². The Bertz CT molecular complexity index is 594. The van der Waals surface area contributed by atoms with Gasteiger partial charge in [-0.15, -0.1) is 0 Å². The van der Waals surface area contributed by atoms with Crippen molar-refractivity contribution in [3.8, 4) is 0 Å². The second-order valence-corrected chi connectivity index (χ2v) is 8.00. The Morgan fingerprint density at radius 1 is 1.13 bits per heavy atom. The average molecular weight is 337 g/mol. The van der Waals surface area contributed by atoms with Crippen molar-refractivity contribution < 1.29 is 8.42 Å². The summed E-state index contributed by atoms with van der Waals surface area (Å²) >= 11 is 0. The molecule has 0 saturated carbocycles. The molecule has 0 atom stereocenters. The minimum Gasteiger partial charge on any atom is -0.304 e. The number of piperazine rings is 1. The lowest BCUT2D eigenvalue weighted by molar-refractivity contribution is 0.151. The molecule has 1 aliphatic rings. The normalized spacial score (nSPS) is 18.0. The lowest BCUT2D eigenvalue weighted by Crippen LogP contribution is -2.45. The van der Waals surface area contributed by atoms with Crippen molar-refractivity contribution in [1.82, 2.24) is 14.1 Å². The summed E-state index contributed by atoms with van der Waals surface area (Å²) in [4.78, 5) is 4.72. The molecule has 1 heterocycles. The number of hydrogen-bond acceptors (Lipinski definition) is 4. The molecular formula is C17H27N3O2S. The summed E-state index contributed by atoms with van der Waals surface area (Å²) in [6.45, 7) is 5.83. The molecule has 6 heteroatoms. The van der Waals surface area contributed by atoms with Crippen LogP contribution < -0.4 is 0 Å². The van der Waals surface area contributed by atoms with Crippen molar-refractivity contribution in [2.75, 3.05) is 53.4 Å². The van der Waals surface area contributed by atoms with E-state index in [2.05, 4.69) is 16.8 Å². The van der Waals surface area contributed by atoms with E-state index >= 15 is 0 Å². The summed E-state index contributed by atoms with van der Waals surface area (Å²) in [7, 11) is 0.439. The van der Waals surface area contributed by atoms with E-state index in [1.54, 1.807) is 13.1 Å². The van der Waals surface area contributed by atoms with Crippen LogP contribution in [0.15, 0.2) is 35.7 Å². The lowest BCUT2D eigenvalue weighted by Gasteiger charge is -2.32. The molecule has 0 N–H and O–H groups in total. The zero-order chi connectivity index (χ0) is 16.7. The summed E-state index contributed by atoms with van der Waals surface area (Å²) in [6, 6.07) is 9.48. The van der Waals surface area contributed by atoms with Gasteiger partial charge in [0.2, 0.25) is 10.0 Å². The third-order valence-corrected chi connectivity index (χ3v) is 5.74. The Morgan fingerprint density at radius 2 is 1.78 bits per heavy atom. The number of nitrogens with zero attached hydrogens (tertiary/aromatic N) is 3. The highest BCUT2D eigenvalue weighted by Gasteiger charge is 2.16. The molecule has 128 valence electrons. The van der Waals surface area contributed by atoms with Gasteiger partial charge in [0.25, 0.3) is 0 Å². The zero-order valence-corrected chi connectivity index (χ0v) is 14.9. The molecule has 2 rings (SSSR count). The Labute approximate surface area is 140 Å². The van der Waals surface area contributed by atoms with Gasteiger partial charge in [-0.3, -0.25) is 0 Å². The highest BCUT2D eigenvalue weighted by molar-refractivity contribution is 7.92. The van der Waals surface area contributed by atoms with Gasteiger partial charge in [0.15, 0.2) is 0 Å². The standard InChI is InChI=1S/C17H27N3O2S/c1-18-12-14-20(15-13-18)11-6-10-19(2)23(21,22)16-9-17-7-4-3-5-8-17/h3-5,7-9,16H,6,10-15H2,1-2H3/b16-9+. The first-order valence-electron chi connectivity index (χ1n) is 8.08. The summed E-state index contributed by atoms with van der Waals surface area (Å²) in [5.74, 6) is 0. The smallest absolute Gasteiger partial charge is 0.235 e. The zero-order valence-electron chi connectivity index (χ0n) is 14.1. The third-order valence-electron chi connectivity index (χ3n) is 4.21. The summed E-state index contributed by atoms with van der Waals surface area (Å²) in [5.41, 5.74) is 0.891. The largest absolute Gasteiger partial charge is 0.304 e. The first kappa shape index (κ1) is 18.1. The predicted molar refractivity (Wildman–Crippen MR) is 95.6 cm³/mol. The van der Waals surface area contributed by atoms with Crippen LogP contribution in [-0.4, -0.2) is 75.9 Å². The van der Waals surface area contributed by atoms with Crippen LogP contribution >= 0.6 is 0 Å². The van der Waals surface area contributed by atoms with Crippen LogP contribution in [0.2, 0.25) is 0 Å². The van der Waals surface area contributed by atoms with Crippen molar-refractivity contribution in [3.05, 3.63) is 41.3 Å². The molecule has 0 aliphatic carbocycles. The van der Waals surface area contributed by atoms with Gasteiger partial charge in [0, 0.05) is 45.2 Å². The van der Waals surface area contributed by atoms with Gasteiger partial charge in [-0.05, 0) is 31.7 Å². The highest BCUT2D eigenvalue weighted by atomic mass is 32.2. The predicted octanol–water partition coefficient (Wildman–Crippen LogP) is 1.56. The molecule has 1 aromatic carbocycles. The van der Waals surface area contributed by atoms with Crippen LogP contribution in [0.4, 0.5) is 0 Å². The minimum absolute atomic E-state index is 0.549. The molecule has 23 heavy (non-hydrogen) atoms. The van der Waals surface area contributed by atoms with Gasteiger partial charge in [-0.1, -0.05) is 30.3 Å². The fourth-order valence-electron chi connectivity index (χ4n) is 2.55. The number of sulfonamides is 1. The fraction of sp³-hybridized carbons (Fsp3) is 0.529. The monoisotopic (exact) mass is 337 g/mol. The molecule has 0 aromatic heterocycles. The SMILES string of the molecule is CN1CCN(CCCN(C)S(=O)(=O)/C=C/c2ccccc2)CC1. The van der Waals surface area contributed by atoms with Crippen LogP contribution in [0, 0.1) is 0 Å². The van der Waals surface area contributed by atoms with Gasteiger partial charge >= 0.3 is 0 Å². The summed E-state index contributed by atoms with van der Waals surface area (Å²) in [5, 5.41) is 1.29. The van der Waals surface area contributed by atoms with E-state index in [-0.39, 0.29) is 0 Å². The van der Waals surface area contributed by atoms with Crippen molar-refractivity contribution in [1.29, 1.82) is 0 Å². The number of hydrogen-bond donors (Lipinski definition) is 0. The maximum Gasteiger partial charge on any atom is 0.235 e. The number of benzene rings is 1. The highest BCUT2D eigenvalue weighted by Crippen LogP contribution is 2.08. The molecular weight excluding hydrogens is 310 g/mol. The van der Waals surface area contributed by atoms with Crippen molar-refractivity contribution in [2.45, 2.75) is 6.42 Å². The molecule has 0 bridgehead atoms. The Balaban J connectivity index is 1.77. The minimum atomic E-state index is -3.34.